The minimum Gasteiger partial charge on any atom is -0.502 e. The lowest BCUT2D eigenvalue weighted by Crippen LogP contribution is -2.36. The lowest BCUT2D eigenvalue weighted by Gasteiger charge is -2.24. The predicted octanol–water partition coefficient (Wildman–Crippen LogP) is 2.28. The summed E-state index contributed by atoms with van der Waals surface area (Å²) < 4.78 is 10.3. The molecule has 0 unspecified atom stereocenters. The first-order chi connectivity index (χ1) is 13.8. The number of phenolic OH excluding ortho intramolecular Hbond substituents is 1. The molecule has 13 heteroatoms. The summed E-state index contributed by atoms with van der Waals surface area (Å²) in [7, 11) is 1.53. The summed E-state index contributed by atoms with van der Waals surface area (Å²) in [5.41, 5.74) is -1.07. The molecule has 1 heterocycles. The Morgan fingerprint density at radius 3 is 2.40 bits per heavy atom. The van der Waals surface area contributed by atoms with Crippen molar-refractivity contribution in [2.45, 2.75) is 26.4 Å². The van der Waals surface area contributed by atoms with E-state index in [1.807, 2.05) is 0 Å². The number of nitro groups is 2. The Morgan fingerprint density at radius 1 is 1.27 bits per heavy atom. The van der Waals surface area contributed by atoms with Crippen LogP contribution >= 0.6 is 0 Å². The van der Waals surface area contributed by atoms with Crippen molar-refractivity contribution in [2.24, 2.45) is 5.84 Å². The van der Waals surface area contributed by atoms with Gasteiger partial charge in [-0.05, 0) is 32.9 Å². The number of nitrogens with one attached hydrogen (secondary N) is 1. The van der Waals surface area contributed by atoms with Crippen molar-refractivity contribution < 1.29 is 29.2 Å². The second-order valence-electron chi connectivity index (χ2n) is 6.84. The van der Waals surface area contributed by atoms with Crippen LogP contribution in [0.15, 0.2) is 41.9 Å². The van der Waals surface area contributed by atoms with Crippen molar-refractivity contribution in [3.8, 4) is 5.75 Å². The van der Waals surface area contributed by atoms with Crippen LogP contribution in [0.5, 0.6) is 5.75 Å². The zero-order valence-corrected chi connectivity index (χ0v) is 16.8. The highest BCUT2D eigenvalue weighted by Crippen LogP contribution is 2.29. The molecule has 0 saturated heterocycles. The lowest BCUT2D eigenvalue weighted by molar-refractivity contribution is -0.394. The molecule has 1 aliphatic heterocycles. The number of hydrogen-bond donors (Lipinski definition) is 3. The van der Waals surface area contributed by atoms with E-state index in [0.717, 1.165) is 12.1 Å². The Bertz CT molecular complexity index is 875. The van der Waals surface area contributed by atoms with Crippen molar-refractivity contribution in [1.82, 2.24) is 10.3 Å². The van der Waals surface area contributed by atoms with Crippen molar-refractivity contribution >= 4 is 17.5 Å². The fourth-order valence-electron chi connectivity index (χ4n) is 2.04. The summed E-state index contributed by atoms with van der Waals surface area (Å²) >= 11 is 0. The Labute approximate surface area is 171 Å². The highest BCUT2D eigenvalue weighted by molar-refractivity contribution is 5.71. The van der Waals surface area contributed by atoms with Gasteiger partial charge in [0.25, 0.3) is 5.69 Å². The number of amides is 1. The predicted molar refractivity (Wildman–Crippen MR) is 105 cm³/mol. The van der Waals surface area contributed by atoms with E-state index in [0.29, 0.717) is 24.1 Å². The quantitative estimate of drug-likeness (QED) is 0.367. The van der Waals surface area contributed by atoms with Gasteiger partial charge in [0.2, 0.25) is 0 Å². The molecule has 0 radical (unpaired) electrons. The number of nitrogens with two attached hydrogens (primary N) is 1. The molecular formula is C17H23N5O8. The molecule has 1 aliphatic rings. The Balaban J connectivity index is 0.000000311. The molecule has 2 rings (SSSR count). The molecule has 1 aromatic rings. The van der Waals surface area contributed by atoms with Crippen LogP contribution in [-0.2, 0) is 9.47 Å². The van der Waals surface area contributed by atoms with Crippen LogP contribution in [0.4, 0.5) is 16.2 Å². The molecule has 4 N–H and O–H groups in total. The van der Waals surface area contributed by atoms with Gasteiger partial charge in [0, 0.05) is 12.3 Å². The average molecular weight is 425 g/mol. The molecule has 0 fully saturated rings. The van der Waals surface area contributed by atoms with E-state index >= 15 is 0 Å². The Kier molecular flexibility index (Phi) is 8.11. The topological polar surface area (TPSA) is 183 Å². The van der Waals surface area contributed by atoms with Crippen LogP contribution < -0.4 is 11.2 Å². The number of allylic oxidation sites excluding steroid dienone is 1. The van der Waals surface area contributed by atoms with Crippen molar-refractivity contribution in [3.63, 3.8) is 0 Å². The number of benzene rings is 1. The van der Waals surface area contributed by atoms with Gasteiger partial charge in [-0.2, -0.15) is 0 Å². The molecule has 13 nitrogen and oxygen atoms in total. The largest absolute Gasteiger partial charge is 0.502 e. The van der Waals surface area contributed by atoms with E-state index in [4.69, 9.17) is 20.4 Å². The van der Waals surface area contributed by atoms with Crippen molar-refractivity contribution in [1.29, 1.82) is 0 Å². The van der Waals surface area contributed by atoms with E-state index in [1.54, 1.807) is 33.0 Å². The number of hydrazine groups is 1. The molecule has 0 aromatic heterocycles. The summed E-state index contributed by atoms with van der Waals surface area (Å²) in [6.07, 6.45) is 2.79. The van der Waals surface area contributed by atoms with Gasteiger partial charge in [-0.3, -0.25) is 25.5 Å². The molecule has 30 heavy (non-hydrogen) atoms. The number of carbonyl (C=O) groups excluding carboxylic acids is 1. The maximum absolute atomic E-state index is 11.6. The number of aromatic hydroxyl groups is 1. The van der Waals surface area contributed by atoms with Gasteiger partial charge in [-0.1, -0.05) is 0 Å². The molecule has 0 atom stereocenters. The fourth-order valence-corrected chi connectivity index (χ4v) is 2.04. The number of carbonyl (C=O) groups is 1. The summed E-state index contributed by atoms with van der Waals surface area (Å²) in [6, 6.07) is 2.61. The first-order valence-electron chi connectivity index (χ1n) is 8.42. The van der Waals surface area contributed by atoms with E-state index in [9.17, 15) is 25.0 Å². The van der Waals surface area contributed by atoms with Crippen LogP contribution in [0, 0.1) is 20.2 Å². The Morgan fingerprint density at radius 2 is 1.90 bits per heavy atom. The van der Waals surface area contributed by atoms with E-state index in [-0.39, 0.29) is 0 Å². The third-order valence-corrected chi connectivity index (χ3v) is 3.31. The number of phenols is 1. The highest BCUT2D eigenvalue weighted by atomic mass is 16.6. The van der Waals surface area contributed by atoms with Gasteiger partial charge in [-0.25, -0.2) is 10.6 Å². The molecule has 1 aromatic carbocycles. The van der Waals surface area contributed by atoms with Crippen LogP contribution in [0.2, 0.25) is 0 Å². The van der Waals surface area contributed by atoms with Crippen LogP contribution in [0.3, 0.4) is 0 Å². The van der Waals surface area contributed by atoms with E-state index in [2.05, 4.69) is 5.32 Å². The number of ether oxygens (including phenoxy) is 2. The third kappa shape index (κ3) is 7.63. The number of nitrogens with zero attached hydrogens (tertiary/aromatic N) is 3. The number of hydrogen-bond acceptors (Lipinski definition) is 10. The first-order valence-corrected chi connectivity index (χ1v) is 8.42. The minimum atomic E-state index is -0.887. The van der Waals surface area contributed by atoms with Gasteiger partial charge in [0.15, 0.2) is 5.75 Å². The molecule has 164 valence electrons. The summed E-state index contributed by atoms with van der Waals surface area (Å²) in [5.74, 6) is 5.58. The summed E-state index contributed by atoms with van der Waals surface area (Å²) in [4.78, 5) is 30.3. The summed E-state index contributed by atoms with van der Waals surface area (Å²) in [5, 5.41) is 33.4. The SMILES string of the molecule is COC1=C(NC(=O)OC(C)(C)C)C=CN(N)C1.O=[N+]([O-])c1ccc(O)c([N+](=O)[O-])c1. The van der Waals surface area contributed by atoms with Crippen LogP contribution in [-0.4, -0.2) is 45.3 Å². The zero-order valence-electron chi connectivity index (χ0n) is 16.8. The van der Waals surface area contributed by atoms with Crippen molar-refractivity contribution in [3.05, 3.63) is 62.2 Å². The van der Waals surface area contributed by atoms with Gasteiger partial charge in [-0.15, -0.1) is 0 Å². The maximum atomic E-state index is 11.6. The standard InChI is InChI=1S/C11H19N3O3.C6H4N2O5/c1-11(2,3)17-10(15)13-8-5-6-14(12)7-9(8)16-4;9-6-2-1-4(7(10)11)3-5(6)8(12)13/h5-6H,7,12H2,1-4H3,(H,13,15);1-3,9H. The third-order valence-electron chi connectivity index (χ3n) is 3.31. The normalized spacial score (nSPS) is 13.2. The van der Waals surface area contributed by atoms with Gasteiger partial charge in [0.05, 0.1) is 35.3 Å². The number of methoxy groups -OCH3 is 1. The number of alkyl carbamates (subject to hydrolysis) is 1. The monoisotopic (exact) mass is 425 g/mol. The van der Waals surface area contributed by atoms with Gasteiger partial charge in [0.1, 0.15) is 11.4 Å². The lowest BCUT2D eigenvalue weighted by atomic mass is 10.2. The average Bonchev–Trinajstić information content (AvgIpc) is 2.62. The fraction of sp³-hybridized carbons (Fsp3) is 0.353. The highest BCUT2D eigenvalue weighted by Gasteiger charge is 2.20. The number of nitro benzene ring substituents is 2. The van der Waals surface area contributed by atoms with Crippen molar-refractivity contribution in [2.75, 3.05) is 13.7 Å². The van der Waals surface area contributed by atoms with Gasteiger partial charge >= 0.3 is 11.8 Å². The van der Waals surface area contributed by atoms with E-state index in [1.165, 1.54) is 12.1 Å². The first kappa shape index (κ1) is 24.2. The number of non-ortho nitro benzene ring substituents is 1. The molecule has 0 aliphatic carbocycles. The second-order valence-corrected chi connectivity index (χ2v) is 6.84. The smallest absolute Gasteiger partial charge is 0.412 e. The molecule has 0 saturated carbocycles. The zero-order chi connectivity index (χ0) is 23.1. The minimum absolute atomic E-state index is 0.401. The number of rotatable bonds is 4. The summed E-state index contributed by atoms with van der Waals surface area (Å²) in [6.45, 7) is 5.81. The Hall–Kier alpha value is -3.87. The van der Waals surface area contributed by atoms with E-state index < -0.39 is 38.7 Å². The molecule has 1 amide bonds. The van der Waals surface area contributed by atoms with Crippen LogP contribution in [0.1, 0.15) is 20.8 Å². The molecule has 0 spiro atoms. The second kappa shape index (κ2) is 10.1. The van der Waals surface area contributed by atoms with Crippen LogP contribution in [0.25, 0.3) is 0 Å². The molecular weight excluding hydrogens is 402 g/mol. The van der Waals surface area contributed by atoms with Gasteiger partial charge < -0.3 is 19.6 Å². The molecule has 0 bridgehead atoms. The maximum Gasteiger partial charge on any atom is 0.412 e.